The molecule has 1 aromatic carbocycles. The van der Waals surface area contributed by atoms with E-state index in [1.54, 1.807) is 6.07 Å². The van der Waals surface area contributed by atoms with Crippen LogP contribution < -0.4 is 10.6 Å². The molecule has 1 aromatic rings. The van der Waals surface area contributed by atoms with Crippen molar-refractivity contribution in [3.8, 4) is 0 Å². The van der Waals surface area contributed by atoms with Gasteiger partial charge in [0.25, 0.3) is 5.91 Å². The lowest BCUT2D eigenvalue weighted by Gasteiger charge is -2.05. The van der Waals surface area contributed by atoms with Gasteiger partial charge in [0.15, 0.2) is 0 Å². The number of nitrogens with one attached hydrogen (secondary N) is 2. The average molecular weight is 259 g/mol. The highest BCUT2D eigenvalue weighted by atomic mass is 35.5. The van der Waals surface area contributed by atoms with Crippen LogP contribution in [0.3, 0.4) is 0 Å². The van der Waals surface area contributed by atoms with Crippen molar-refractivity contribution in [3.05, 3.63) is 40.9 Å². The highest BCUT2D eigenvalue weighted by Crippen LogP contribution is 2.24. The molecule has 0 saturated carbocycles. The van der Waals surface area contributed by atoms with Gasteiger partial charge in [-0.15, -0.1) is 0 Å². The van der Waals surface area contributed by atoms with Crippen LogP contribution in [0.4, 0.5) is 10.5 Å². The Morgan fingerprint density at radius 1 is 1.25 bits per heavy atom. The first-order valence-electron chi connectivity index (χ1n) is 4.22. The van der Waals surface area contributed by atoms with Crippen LogP contribution in [0.1, 0.15) is 0 Å². The summed E-state index contributed by atoms with van der Waals surface area (Å²) in [5, 5.41) is 5.14. The Bertz CT molecular complexity index is 446. The highest BCUT2D eigenvalue weighted by Gasteiger charge is 2.05. The summed E-state index contributed by atoms with van der Waals surface area (Å²) in [6, 6.07) is 3.91. The van der Waals surface area contributed by atoms with Gasteiger partial charge in [-0.25, -0.2) is 4.79 Å². The molecule has 0 spiro atoms. The smallest absolute Gasteiger partial charge is 0.308 e. The monoisotopic (exact) mass is 258 g/mol. The second-order valence-electron chi connectivity index (χ2n) is 2.78. The fourth-order valence-corrected chi connectivity index (χ4v) is 1.20. The van der Waals surface area contributed by atoms with Crippen LogP contribution >= 0.6 is 23.2 Å². The molecule has 1 rings (SSSR count). The SMILES string of the molecule is C=CC(=O)NC(=O)Nc1ccc(Cl)c(Cl)c1. The van der Waals surface area contributed by atoms with Gasteiger partial charge < -0.3 is 5.32 Å². The minimum atomic E-state index is -0.664. The van der Waals surface area contributed by atoms with Gasteiger partial charge in [-0.05, 0) is 24.3 Å². The number of imide groups is 1. The summed E-state index contributed by atoms with van der Waals surface area (Å²) >= 11 is 11.4. The van der Waals surface area contributed by atoms with Gasteiger partial charge in [0, 0.05) is 5.69 Å². The van der Waals surface area contributed by atoms with Crippen molar-refractivity contribution in [3.63, 3.8) is 0 Å². The van der Waals surface area contributed by atoms with Gasteiger partial charge in [-0.1, -0.05) is 29.8 Å². The number of urea groups is 1. The molecule has 0 saturated heterocycles. The molecule has 3 amide bonds. The van der Waals surface area contributed by atoms with Crippen LogP contribution in [0.15, 0.2) is 30.9 Å². The number of anilines is 1. The summed E-state index contributed by atoms with van der Waals surface area (Å²) in [7, 11) is 0. The van der Waals surface area contributed by atoms with E-state index in [1.807, 2.05) is 5.32 Å². The van der Waals surface area contributed by atoms with Gasteiger partial charge in [-0.2, -0.15) is 0 Å². The van der Waals surface area contributed by atoms with Crippen LogP contribution in [0.2, 0.25) is 10.0 Å². The second-order valence-corrected chi connectivity index (χ2v) is 3.59. The topological polar surface area (TPSA) is 58.2 Å². The van der Waals surface area contributed by atoms with Crippen LogP contribution in [0, 0.1) is 0 Å². The number of benzene rings is 1. The predicted octanol–water partition coefficient (Wildman–Crippen LogP) is 2.83. The fourth-order valence-electron chi connectivity index (χ4n) is 0.899. The van der Waals surface area contributed by atoms with E-state index in [2.05, 4.69) is 11.9 Å². The molecule has 6 heteroatoms. The van der Waals surface area contributed by atoms with Crippen molar-refractivity contribution in [2.75, 3.05) is 5.32 Å². The molecule has 16 heavy (non-hydrogen) atoms. The first kappa shape index (κ1) is 12.5. The Kier molecular flexibility index (Phi) is 4.34. The molecule has 0 radical (unpaired) electrons. The molecule has 0 aliphatic carbocycles. The lowest BCUT2D eigenvalue weighted by atomic mass is 10.3. The largest absolute Gasteiger partial charge is 0.326 e. The quantitative estimate of drug-likeness (QED) is 0.802. The van der Waals surface area contributed by atoms with Gasteiger partial charge in [-0.3, -0.25) is 10.1 Å². The van der Waals surface area contributed by atoms with Crippen molar-refractivity contribution in [1.82, 2.24) is 5.32 Å². The molecular formula is C10H8Cl2N2O2. The Hall–Kier alpha value is -1.52. The maximum Gasteiger partial charge on any atom is 0.326 e. The van der Waals surface area contributed by atoms with Crippen LogP contribution in [-0.2, 0) is 4.79 Å². The lowest BCUT2D eigenvalue weighted by Crippen LogP contribution is -2.32. The molecule has 0 aromatic heterocycles. The minimum Gasteiger partial charge on any atom is -0.308 e. The average Bonchev–Trinajstić information content (AvgIpc) is 2.23. The molecule has 0 heterocycles. The van der Waals surface area contributed by atoms with Crippen LogP contribution in [-0.4, -0.2) is 11.9 Å². The molecule has 0 aliphatic heterocycles. The number of rotatable bonds is 2. The van der Waals surface area contributed by atoms with Crippen molar-refractivity contribution < 1.29 is 9.59 Å². The van der Waals surface area contributed by atoms with E-state index in [-0.39, 0.29) is 0 Å². The third-order valence-corrected chi connectivity index (χ3v) is 2.34. The molecule has 2 N–H and O–H groups in total. The highest BCUT2D eigenvalue weighted by molar-refractivity contribution is 6.42. The molecule has 0 aliphatic rings. The first-order chi connectivity index (χ1) is 7.52. The summed E-state index contributed by atoms with van der Waals surface area (Å²) in [4.78, 5) is 22.0. The van der Waals surface area contributed by atoms with E-state index in [0.717, 1.165) is 6.08 Å². The number of carbonyl (C=O) groups is 2. The van der Waals surface area contributed by atoms with Crippen LogP contribution in [0.25, 0.3) is 0 Å². The fraction of sp³-hybridized carbons (Fsp3) is 0. The maximum absolute atomic E-state index is 11.2. The minimum absolute atomic E-state index is 0.314. The summed E-state index contributed by atoms with van der Waals surface area (Å²) in [5.41, 5.74) is 0.434. The van der Waals surface area contributed by atoms with Crippen LogP contribution in [0.5, 0.6) is 0 Å². The van der Waals surface area contributed by atoms with Crippen molar-refractivity contribution in [2.45, 2.75) is 0 Å². The third-order valence-electron chi connectivity index (χ3n) is 1.60. The maximum atomic E-state index is 11.2. The standard InChI is InChI=1S/C10H8Cl2N2O2/c1-2-9(15)14-10(16)13-6-3-4-7(11)8(12)5-6/h2-5H,1H2,(H2,13,14,15,16). The third kappa shape index (κ3) is 3.56. The molecule has 0 bridgehead atoms. The number of carbonyl (C=O) groups excluding carboxylic acids is 2. The molecule has 0 unspecified atom stereocenters. The Morgan fingerprint density at radius 2 is 1.94 bits per heavy atom. The summed E-state index contributed by atoms with van der Waals surface area (Å²) in [5.74, 6) is -0.586. The summed E-state index contributed by atoms with van der Waals surface area (Å²) in [6.07, 6.45) is 0.994. The van der Waals surface area contributed by atoms with E-state index in [4.69, 9.17) is 23.2 Å². The molecule has 0 atom stereocenters. The Labute approximate surface area is 102 Å². The zero-order valence-electron chi connectivity index (χ0n) is 8.09. The summed E-state index contributed by atoms with van der Waals surface area (Å²) in [6.45, 7) is 3.22. The second kappa shape index (κ2) is 5.53. The molecule has 84 valence electrons. The predicted molar refractivity (Wildman–Crippen MR) is 63.8 cm³/mol. The van der Waals surface area contributed by atoms with E-state index < -0.39 is 11.9 Å². The Balaban J connectivity index is 2.66. The van der Waals surface area contributed by atoms with Crippen molar-refractivity contribution in [2.24, 2.45) is 0 Å². The number of amides is 3. The van der Waals surface area contributed by atoms with Gasteiger partial charge >= 0.3 is 6.03 Å². The molecule has 4 nitrogen and oxygen atoms in total. The van der Waals surface area contributed by atoms with E-state index in [1.165, 1.54) is 12.1 Å². The zero-order valence-corrected chi connectivity index (χ0v) is 9.60. The molecule has 0 fully saturated rings. The van der Waals surface area contributed by atoms with E-state index >= 15 is 0 Å². The normalized spacial score (nSPS) is 9.38. The molecular weight excluding hydrogens is 251 g/mol. The van der Waals surface area contributed by atoms with E-state index in [0.29, 0.717) is 15.7 Å². The van der Waals surface area contributed by atoms with E-state index in [9.17, 15) is 9.59 Å². The lowest BCUT2D eigenvalue weighted by molar-refractivity contribution is -0.115. The number of halogens is 2. The Morgan fingerprint density at radius 3 is 2.50 bits per heavy atom. The number of hydrogen-bond acceptors (Lipinski definition) is 2. The van der Waals surface area contributed by atoms with Gasteiger partial charge in [0.05, 0.1) is 10.0 Å². The summed E-state index contributed by atoms with van der Waals surface area (Å²) < 4.78 is 0. The zero-order chi connectivity index (χ0) is 12.1. The first-order valence-corrected chi connectivity index (χ1v) is 4.98. The van der Waals surface area contributed by atoms with Gasteiger partial charge in [0.2, 0.25) is 0 Å². The van der Waals surface area contributed by atoms with Crippen molar-refractivity contribution >= 4 is 40.8 Å². The van der Waals surface area contributed by atoms with Crippen molar-refractivity contribution in [1.29, 1.82) is 0 Å². The number of hydrogen-bond donors (Lipinski definition) is 2. The van der Waals surface area contributed by atoms with Gasteiger partial charge in [0.1, 0.15) is 0 Å².